The average molecular weight is 551 g/mol. The van der Waals surface area contributed by atoms with Gasteiger partial charge in [0.2, 0.25) is 0 Å². The number of anilines is 1. The topological polar surface area (TPSA) is 48.6 Å². The number of nitrogens with zero attached hydrogens (tertiary/aromatic N) is 2. The van der Waals surface area contributed by atoms with Crippen LogP contribution in [0.15, 0.2) is 145 Å². The highest BCUT2D eigenvalue weighted by atomic mass is 16.3. The van der Waals surface area contributed by atoms with Gasteiger partial charge in [0.15, 0.2) is 0 Å². The second-order valence-corrected chi connectivity index (χ2v) is 11.1. The van der Waals surface area contributed by atoms with Crippen LogP contribution in [-0.2, 0) is 6.61 Å². The quantitative estimate of drug-likeness (QED) is 0.247. The van der Waals surface area contributed by atoms with Crippen molar-refractivity contribution in [1.82, 2.24) is 4.57 Å². The van der Waals surface area contributed by atoms with Gasteiger partial charge in [0.1, 0.15) is 0 Å². The minimum Gasteiger partial charge on any atom is -0.392 e. The van der Waals surface area contributed by atoms with Crippen molar-refractivity contribution < 1.29 is 10.2 Å². The van der Waals surface area contributed by atoms with Crippen molar-refractivity contribution >= 4 is 33.2 Å². The van der Waals surface area contributed by atoms with Crippen molar-refractivity contribution in [1.29, 1.82) is 0 Å². The summed E-state index contributed by atoms with van der Waals surface area (Å²) in [5.74, 6) is 0.542. The summed E-state index contributed by atoms with van der Waals surface area (Å²) in [5, 5.41) is 21.6. The van der Waals surface area contributed by atoms with Crippen molar-refractivity contribution in [2.45, 2.75) is 25.0 Å². The number of benzene rings is 3. The third-order valence-corrected chi connectivity index (χ3v) is 8.78. The molecule has 0 saturated heterocycles. The second kappa shape index (κ2) is 11.0. The van der Waals surface area contributed by atoms with Gasteiger partial charge in [-0.25, -0.2) is 0 Å². The van der Waals surface area contributed by atoms with Crippen LogP contribution in [0.3, 0.4) is 0 Å². The summed E-state index contributed by atoms with van der Waals surface area (Å²) >= 11 is 0. The van der Waals surface area contributed by atoms with Gasteiger partial charge in [-0.05, 0) is 65.6 Å². The van der Waals surface area contributed by atoms with Crippen LogP contribution < -0.4 is 4.90 Å². The Hall–Kier alpha value is -4.64. The highest BCUT2D eigenvalue weighted by Crippen LogP contribution is 2.42. The molecule has 2 heterocycles. The summed E-state index contributed by atoms with van der Waals surface area (Å²) in [4.78, 5) is 2.36. The molecule has 0 saturated carbocycles. The maximum atomic E-state index is 9.71. The summed E-state index contributed by atoms with van der Waals surface area (Å²) in [6.07, 6.45) is 22.3. The Kier molecular flexibility index (Phi) is 6.87. The zero-order valence-electron chi connectivity index (χ0n) is 23.5. The molecule has 3 atom stereocenters. The third kappa shape index (κ3) is 4.32. The van der Waals surface area contributed by atoms with E-state index in [4.69, 9.17) is 0 Å². The van der Waals surface area contributed by atoms with Gasteiger partial charge in [-0.2, -0.15) is 0 Å². The molecule has 3 aromatic carbocycles. The minimum atomic E-state index is 0.00350. The minimum absolute atomic E-state index is 0.00350. The summed E-state index contributed by atoms with van der Waals surface area (Å²) in [6, 6.07) is 23.8. The zero-order chi connectivity index (χ0) is 28.6. The molecular weight excluding hydrogens is 516 g/mol. The number of para-hydroxylation sites is 1. The van der Waals surface area contributed by atoms with Gasteiger partial charge in [0, 0.05) is 39.7 Å². The number of aliphatic hydroxyl groups excluding tert-OH is 2. The molecule has 4 heteroatoms. The summed E-state index contributed by atoms with van der Waals surface area (Å²) in [6.45, 7) is 4.14. The highest BCUT2D eigenvalue weighted by Gasteiger charge is 2.37. The van der Waals surface area contributed by atoms with E-state index in [9.17, 15) is 10.2 Å². The molecule has 4 nitrogen and oxygen atoms in total. The van der Waals surface area contributed by atoms with Gasteiger partial charge in [0.05, 0.1) is 30.3 Å². The van der Waals surface area contributed by atoms with E-state index in [0.29, 0.717) is 5.92 Å². The SMILES string of the molecule is C=CC1=C(/C=C\CO)N(c2ccc(C3C=CC(n4c5ccccc5c5cc(CO)ccc54)=CC3)cc2)C2C=CC=CC12. The average Bonchev–Trinajstić information content (AvgIpc) is 3.55. The Morgan fingerprint density at radius 3 is 2.45 bits per heavy atom. The van der Waals surface area contributed by atoms with Gasteiger partial charge in [0.25, 0.3) is 0 Å². The number of rotatable bonds is 7. The first-order valence-corrected chi connectivity index (χ1v) is 14.6. The molecule has 0 radical (unpaired) electrons. The normalized spacial score (nSPS) is 21.6. The lowest BCUT2D eigenvalue weighted by Gasteiger charge is -2.30. The lowest BCUT2D eigenvalue weighted by atomic mass is 9.90. The van der Waals surface area contributed by atoms with E-state index in [1.54, 1.807) is 6.08 Å². The number of fused-ring (bicyclic) bond motifs is 4. The largest absolute Gasteiger partial charge is 0.392 e. The van der Waals surface area contributed by atoms with E-state index >= 15 is 0 Å². The van der Waals surface area contributed by atoms with Gasteiger partial charge in [-0.15, -0.1) is 0 Å². The van der Waals surface area contributed by atoms with Crippen molar-refractivity contribution in [2.75, 3.05) is 11.5 Å². The van der Waals surface area contributed by atoms with Crippen LogP contribution in [0.2, 0.25) is 0 Å². The lowest BCUT2D eigenvalue weighted by molar-refractivity contribution is 0.282. The van der Waals surface area contributed by atoms with Gasteiger partial charge in [-0.3, -0.25) is 0 Å². The van der Waals surface area contributed by atoms with Crippen LogP contribution in [0.25, 0.3) is 27.5 Å². The fourth-order valence-corrected chi connectivity index (χ4v) is 6.79. The van der Waals surface area contributed by atoms with Crippen LogP contribution in [-0.4, -0.2) is 27.4 Å². The van der Waals surface area contributed by atoms with Crippen LogP contribution >= 0.6 is 0 Å². The van der Waals surface area contributed by atoms with Gasteiger partial charge in [-0.1, -0.05) is 91.6 Å². The molecule has 7 rings (SSSR count). The van der Waals surface area contributed by atoms with E-state index in [-0.39, 0.29) is 25.2 Å². The first-order valence-electron chi connectivity index (χ1n) is 14.6. The molecular formula is C38H34N2O2. The molecule has 42 heavy (non-hydrogen) atoms. The Morgan fingerprint density at radius 1 is 0.881 bits per heavy atom. The first kappa shape index (κ1) is 26.3. The lowest BCUT2D eigenvalue weighted by Crippen LogP contribution is -2.32. The van der Waals surface area contributed by atoms with E-state index < -0.39 is 0 Å². The Balaban J connectivity index is 1.17. The molecule has 208 valence electrons. The fourth-order valence-electron chi connectivity index (χ4n) is 6.79. The second-order valence-electron chi connectivity index (χ2n) is 11.1. The van der Waals surface area contributed by atoms with Gasteiger partial charge < -0.3 is 19.7 Å². The number of aliphatic hydroxyl groups is 2. The molecule has 1 aromatic heterocycles. The van der Waals surface area contributed by atoms with Crippen molar-refractivity contribution in [3.8, 4) is 0 Å². The van der Waals surface area contributed by atoms with Crippen LogP contribution in [0, 0.1) is 5.92 Å². The van der Waals surface area contributed by atoms with E-state index in [2.05, 4.69) is 119 Å². The van der Waals surface area contributed by atoms with E-state index in [1.807, 2.05) is 18.2 Å². The smallest absolute Gasteiger partial charge is 0.0682 e. The molecule has 1 aliphatic heterocycles. The van der Waals surface area contributed by atoms with Gasteiger partial charge >= 0.3 is 0 Å². The maximum absolute atomic E-state index is 9.71. The Labute approximate surface area is 246 Å². The van der Waals surface area contributed by atoms with Crippen LogP contribution in [0.1, 0.15) is 23.5 Å². The van der Waals surface area contributed by atoms with Crippen molar-refractivity contribution in [3.05, 3.63) is 156 Å². The standard InChI is InChI=1S/C38H34N2O2/c1-2-31-32-8-3-5-10-36(32)39(35(31)12-7-23-41)29-18-14-27(15-19-29)28-16-20-30(21-17-28)40-37-11-6-4-9-33(37)34-24-26(25-42)13-22-38(34)40/h2-16,18-22,24,28,32,36,41-42H,1,17,23,25H2/b12-7-. The van der Waals surface area contributed by atoms with E-state index in [1.165, 1.54) is 33.1 Å². The fraction of sp³-hybridized carbons (Fsp3) is 0.158. The molecule has 0 spiro atoms. The van der Waals surface area contributed by atoms with Crippen LogP contribution in [0.4, 0.5) is 5.69 Å². The van der Waals surface area contributed by atoms with Crippen molar-refractivity contribution in [3.63, 3.8) is 0 Å². The Bertz CT molecular complexity index is 1860. The van der Waals surface area contributed by atoms with Crippen LogP contribution in [0.5, 0.6) is 0 Å². The van der Waals surface area contributed by atoms with Crippen molar-refractivity contribution in [2.24, 2.45) is 5.92 Å². The molecule has 3 unspecified atom stereocenters. The summed E-state index contributed by atoms with van der Waals surface area (Å²) in [5.41, 5.74) is 9.11. The first-order chi connectivity index (χ1) is 20.7. The zero-order valence-corrected chi connectivity index (χ0v) is 23.5. The molecule has 0 amide bonds. The molecule has 3 aliphatic rings. The maximum Gasteiger partial charge on any atom is 0.0682 e. The summed E-state index contributed by atoms with van der Waals surface area (Å²) in [7, 11) is 0. The molecule has 2 aliphatic carbocycles. The Morgan fingerprint density at radius 2 is 1.69 bits per heavy atom. The highest BCUT2D eigenvalue weighted by molar-refractivity contribution is 6.10. The monoisotopic (exact) mass is 550 g/mol. The predicted molar refractivity (Wildman–Crippen MR) is 174 cm³/mol. The molecule has 0 bridgehead atoms. The molecule has 2 N–H and O–H groups in total. The predicted octanol–water partition coefficient (Wildman–Crippen LogP) is 7.79. The molecule has 4 aromatic rings. The van der Waals surface area contributed by atoms with E-state index in [0.717, 1.165) is 28.9 Å². The molecule has 0 fully saturated rings. The number of hydrogen-bond acceptors (Lipinski definition) is 3. The number of allylic oxidation sites excluding steroid dienone is 8. The number of hydrogen-bond donors (Lipinski definition) is 2. The third-order valence-electron chi connectivity index (χ3n) is 8.78. The number of aromatic nitrogens is 1. The summed E-state index contributed by atoms with van der Waals surface area (Å²) < 4.78 is 2.34.